The highest BCUT2D eigenvalue weighted by atomic mass is 19.3. The Morgan fingerprint density at radius 3 is 2.76 bits per heavy atom. The van der Waals surface area contributed by atoms with Gasteiger partial charge < -0.3 is 14.9 Å². The maximum atomic E-state index is 12.0. The SMILES string of the molecule is O=C(CON=Cc1ccc(OC(F)F)cc1)NCCC1=CCCCC1. The molecule has 0 unspecified atom stereocenters. The Balaban J connectivity index is 1.61. The molecular weight excluding hydrogens is 330 g/mol. The molecule has 1 aromatic carbocycles. The lowest BCUT2D eigenvalue weighted by Gasteiger charge is -2.12. The van der Waals surface area contributed by atoms with Gasteiger partial charge in [-0.15, -0.1) is 0 Å². The van der Waals surface area contributed by atoms with E-state index in [1.54, 1.807) is 12.1 Å². The van der Waals surface area contributed by atoms with E-state index in [-0.39, 0.29) is 18.3 Å². The summed E-state index contributed by atoms with van der Waals surface area (Å²) in [6, 6.07) is 5.92. The normalized spacial score (nSPS) is 14.4. The standard InChI is InChI=1S/C18H22F2N2O3/c19-18(20)25-16-8-6-15(7-9-16)12-22-24-13-17(23)21-11-10-14-4-2-1-3-5-14/h4,6-9,12,18H,1-3,5,10-11,13H2,(H,21,23). The summed E-state index contributed by atoms with van der Waals surface area (Å²) in [5.74, 6) is -0.158. The van der Waals surface area contributed by atoms with E-state index in [0.717, 1.165) is 19.3 Å². The fourth-order valence-corrected chi connectivity index (χ4v) is 2.47. The van der Waals surface area contributed by atoms with Gasteiger partial charge in [0.25, 0.3) is 5.91 Å². The van der Waals surface area contributed by atoms with E-state index >= 15 is 0 Å². The molecule has 0 bridgehead atoms. The van der Waals surface area contributed by atoms with Gasteiger partial charge in [0.1, 0.15) is 5.75 Å². The molecule has 1 N–H and O–H groups in total. The number of nitrogens with one attached hydrogen (secondary N) is 1. The van der Waals surface area contributed by atoms with Crippen molar-refractivity contribution in [1.82, 2.24) is 5.32 Å². The Morgan fingerprint density at radius 2 is 2.08 bits per heavy atom. The number of amides is 1. The van der Waals surface area contributed by atoms with Crippen molar-refractivity contribution in [1.29, 1.82) is 0 Å². The number of halogens is 2. The Hall–Kier alpha value is -2.44. The van der Waals surface area contributed by atoms with Crippen LogP contribution in [-0.4, -0.2) is 31.9 Å². The largest absolute Gasteiger partial charge is 0.435 e. The Morgan fingerprint density at radius 1 is 1.28 bits per heavy atom. The number of carbonyl (C=O) groups excluding carboxylic acids is 1. The van der Waals surface area contributed by atoms with E-state index in [4.69, 9.17) is 4.84 Å². The lowest BCUT2D eigenvalue weighted by molar-refractivity contribution is -0.125. The fourth-order valence-electron chi connectivity index (χ4n) is 2.47. The molecule has 0 aliphatic heterocycles. The third-order valence-electron chi connectivity index (χ3n) is 3.73. The highest BCUT2D eigenvalue weighted by Crippen LogP contribution is 2.19. The van der Waals surface area contributed by atoms with Gasteiger partial charge in [-0.25, -0.2) is 0 Å². The number of benzene rings is 1. The van der Waals surface area contributed by atoms with Gasteiger partial charge in [0, 0.05) is 6.54 Å². The molecule has 1 amide bonds. The first-order valence-corrected chi connectivity index (χ1v) is 8.28. The smallest absolute Gasteiger partial charge is 0.387 e. The molecule has 0 aromatic heterocycles. The molecule has 0 atom stereocenters. The quantitative estimate of drug-likeness (QED) is 0.419. The van der Waals surface area contributed by atoms with Gasteiger partial charge >= 0.3 is 6.61 Å². The monoisotopic (exact) mass is 352 g/mol. The molecule has 0 spiro atoms. The highest BCUT2D eigenvalue weighted by molar-refractivity contribution is 5.80. The summed E-state index contributed by atoms with van der Waals surface area (Å²) in [4.78, 5) is 16.6. The van der Waals surface area contributed by atoms with Gasteiger partial charge in [-0.3, -0.25) is 4.79 Å². The summed E-state index contributed by atoms with van der Waals surface area (Å²) in [6.07, 6.45) is 9.27. The van der Waals surface area contributed by atoms with Crippen LogP contribution in [-0.2, 0) is 9.63 Å². The molecule has 0 saturated carbocycles. The number of nitrogens with zero attached hydrogens (tertiary/aromatic N) is 1. The predicted octanol–water partition coefficient (Wildman–Crippen LogP) is 3.65. The topological polar surface area (TPSA) is 59.9 Å². The number of hydrogen-bond donors (Lipinski definition) is 1. The zero-order valence-corrected chi connectivity index (χ0v) is 13.9. The molecule has 0 radical (unpaired) electrons. The molecule has 25 heavy (non-hydrogen) atoms. The van der Waals surface area contributed by atoms with Gasteiger partial charge in [0.05, 0.1) is 6.21 Å². The van der Waals surface area contributed by atoms with Crippen molar-refractivity contribution in [3.05, 3.63) is 41.5 Å². The number of hydrogen-bond acceptors (Lipinski definition) is 4. The molecule has 1 aromatic rings. The minimum Gasteiger partial charge on any atom is -0.435 e. The maximum Gasteiger partial charge on any atom is 0.387 e. The molecule has 0 heterocycles. The van der Waals surface area contributed by atoms with Crippen molar-refractivity contribution in [3.63, 3.8) is 0 Å². The number of allylic oxidation sites excluding steroid dienone is 1. The average molecular weight is 352 g/mol. The zero-order chi connectivity index (χ0) is 17.9. The predicted molar refractivity (Wildman–Crippen MR) is 90.8 cm³/mol. The molecular formula is C18H22F2N2O3. The summed E-state index contributed by atoms with van der Waals surface area (Å²) in [7, 11) is 0. The summed E-state index contributed by atoms with van der Waals surface area (Å²) in [5.41, 5.74) is 2.05. The van der Waals surface area contributed by atoms with Crippen LogP contribution in [0.1, 0.15) is 37.7 Å². The first kappa shape index (κ1) is 18.9. The second-order valence-corrected chi connectivity index (χ2v) is 5.66. The Kier molecular flexibility index (Phi) is 7.88. The van der Waals surface area contributed by atoms with Crippen LogP contribution in [0.25, 0.3) is 0 Å². The first-order valence-electron chi connectivity index (χ1n) is 8.28. The average Bonchev–Trinajstić information content (AvgIpc) is 2.60. The zero-order valence-electron chi connectivity index (χ0n) is 13.9. The minimum atomic E-state index is -2.85. The first-order chi connectivity index (χ1) is 12.1. The van der Waals surface area contributed by atoms with Gasteiger partial charge in [-0.2, -0.15) is 8.78 Å². The van der Waals surface area contributed by atoms with Crippen LogP contribution < -0.4 is 10.1 Å². The van der Waals surface area contributed by atoms with E-state index in [1.807, 2.05) is 0 Å². The molecule has 0 fully saturated rings. The van der Waals surface area contributed by atoms with Gasteiger partial charge in [-0.05, 0) is 61.9 Å². The Labute approximate surface area is 145 Å². The van der Waals surface area contributed by atoms with Crippen molar-refractivity contribution >= 4 is 12.1 Å². The van der Waals surface area contributed by atoms with Crippen molar-refractivity contribution < 1.29 is 23.1 Å². The number of ether oxygens (including phenoxy) is 1. The fraction of sp³-hybridized carbons (Fsp3) is 0.444. The Bertz CT molecular complexity index is 601. The van der Waals surface area contributed by atoms with E-state index in [2.05, 4.69) is 21.3 Å². The number of oxime groups is 1. The third-order valence-corrected chi connectivity index (χ3v) is 3.73. The molecule has 5 nitrogen and oxygen atoms in total. The lowest BCUT2D eigenvalue weighted by Crippen LogP contribution is -2.28. The summed E-state index contributed by atoms with van der Waals surface area (Å²) >= 11 is 0. The van der Waals surface area contributed by atoms with Crippen molar-refractivity contribution in [3.8, 4) is 5.75 Å². The van der Waals surface area contributed by atoms with Crippen LogP contribution in [0.5, 0.6) is 5.75 Å². The van der Waals surface area contributed by atoms with E-state index < -0.39 is 6.61 Å². The van der Waals surface area contributed by atoms with Crippen LogP contribution in [0.2, 0.25) is 0 Å². The molecule has 2 rings (SSSR count). The summed E-state index contributed by atoms with van der Waals surface area (Å²) < 4.78 is 28.3. The van der Waals surface area contributed by atoms with Crippen molar-refractivity contribution in [2.75, 3.05) is 13.2 Å². The van der Waals surface area contributed by atoms with E-state index in [0.29, 0.717) is 12.1 Å². The summed E-state index contributed by atoms with van der Waals surface area (Å²) in [6.45, 7) is -2.42. The molecule has 1 aliphatic rings. The second kappa shape index (κ2) is 10.4. The molecule has 0 saturated heterocycles. The molecule has 136 valence electrons. The highest BCUT2D eigenvalue weighted by Gasteiger charge is 2.05. The van der Waals surface area contributed by atoms with E-state index in [1.165, 1.54) is 36.8 Å². The number of carbonyl (C=O) groups is 1. The van der Waals surface area contributed by atoms with Crippen LogP contribution in [0.15, 0.2) is 41.1 Å². The lowest BCUT2D eigenvalue weighted by atomic mass is 9.97. The minimum absolute atomic E-state index is 0.0699. The van der Waals surface area contributed by atoms with Gasteiger partial charge in [0.15, 0.2) is 6.61 Å². The van der Waals surface area contributed by atoms with Gasteiger partial charge in [-0.1, -0.05) is 16.8 Å². The third kappa shape index (κ3) is 7.78. The van der Waals surface area contributed by atoms with Crippen molar-refractivity contribution in [2.24, 2.45) is 5.16 Å². The maximum absolute atomic E-state index is 12.0. The van der Waals surface area contributed by atoms with E-state index in [9.17, 15) is 13.6 Å². The van der Waals surface area contributed by atoms with Crippen LogP contribution in [0.4, 0.5) is 8.78 Å². The van der Waals surface area contributed by atoms with Crippen LogP contribution in [0.3, 0.4) is 0 Å². The number of alkyl halides is 2. The van der Waals surface area contributed by atoms with Crippen LogP contribution in [0, 0.1) is 0 Å². The molecule has 1 aliphatic carbocycles. The number of rotatable bonds is 9. The second-order valence-electron chi connectivity index (χ2n) is 5.66. The van der Waals surface area contributed by atoms with Crippen molar-refractivity contribution in [2.45, 2.75) is 38.7 Å². The molecule has 7 heteroatoms. The van der Waals surface area contributed by atoms with Gasteiger partial charge in [0.2, 0.25) is 0 Å². The van der Waals surface area contributed by atoms with Crippen LogP contribution >= 0.6 is 0 Å². The summed E-state index contributed by atoms with van der Waals surface area (Å²) in [5, 5.41) is 6.47.